The maximum absolute atomic E-state index is 3.74. The maximum Gasteiger partial charge on any atom is 0.0328 e. The molecule has 0 aliphatic carbocycles. The Hall–Kier alpha value is -0.380. The minimum absolute atomic E-state index is 0.205. The van der Waals surface area contributed by atoms with Gasteiger partial charge in [0.1, 0.15) is 0 Å². The topological polar surface area (TPSA) is 15.3 Å². The highest BCUT2D eigenvalue weighted by Gasteiger charge is 2.34. The second-order valence-corrected chi connectivity index (χ2v) is 6.23. The van der Waals surface area contributed by atoms with Crippen molar-refractivity contribution in [2.24, 2.45) is 0 Å². The molecule has 1 aromatic heterocycles. The molecule has 0 radical (unpaired) electrons. The highest BCUT2D eigenvalue weighted by atomic mass is 32.1. The molecule has 0 bridgehead atoms. The first-order valence-corrected chi connectivity index (χ1v) is 7.90. The summed E-state index contributed by atoms with van der Waals surface area (Å²) in [5.41, 5.74) is 1.66. The third-order valence-electron chi connectivity index (χ3n) is 4.15. The Kier molecular flexibility index (Phi) is 6.33. The monoisotopic (exact) mass is 268 g/mol. The van der Waals surface area contributed by atoms with Crippen LogP contribution in [0.3, 0.4) is 0 Å². The lowest BCUT2D eigenvalue weighted by molar-refractivity contribution is 0.112. The van der Waals surface area contributed by atoms with Gasteiger partial charge >= 0.3 is 0 Å². The Morgan fingerprint density at radius 3 is 2.56 bits per heavy atom. The van der Waals surface area contributed by atoms with Crippen LogP contribution in [0.15, 0.2) is 16.8 Å². The molecule has 0 saturated heterocycles. The average molecular weight is 268 g/mol. The zero-order valence-electron chi connectivity index (χ0n) is 12.5. The van der Waals surface area contributed by atoms with Crippen molar-refractivity contribution in [3.63, 3.8) is 0 Å². The first kappa shape index (κ1) is 15.7. The van der Waals surface area contributed by atoms with Gasteiger partial charge in [-0.05, 0) is 69.2 Å². The molecule has 0 aliphatic rings. The second kappa shape index (κ2) is 7.27. The van der Waals surface area contributed by atoms with Gasteiger partial charge in [0.25, 0.3) is 0 Å². The van der Waals surface area contributed by atoms with Crippen LogP contribution in [0.5, 0.6) is 0 Å². The fourth-order valence-corrected chi connectivity index (χ4v) is 3.03. The van der Waals surface area contributed by atoms with Crippen LogP contribution in [0.1, 0.15) is 39.2 Å². The van der Waals surface area contributed by atoms with E-state index < -0.39 is 0 Å². The van der Waals surface area contributed by atoms with Gasteiger partial charge in [0.2, 0.25) is 0 Å². The third kappa shape index (κ3) is 3.81. The van der Waals surface area contributed by atoms with Crippen molar-refractivity contribution in [3.8, 4) is 0 Å². The van der Waals surface area contributed by atoms with E-state index in [1.54, 1.807) is 11.3 Å². The van der Waals surface area contributed by atoms with Crippen LogP contribution in [0.25, 0.3) is 0 Å². The molecule has 0 fully saturated rings. The molecule has 1 aromatic rings. The first-order chi connectivity index (χ1) is 8.54. The minimum Gasteiger partial charge on any atom is -0.312 e. The smallest absolute Gasteiger partial charge is 0.0328 e. The van der Waals surface area contributed by atoms with Crippen molar-refractivity contribution in [2.75, 3.05) is 20.6 Å². The Bertz CT molecular complexity index is 321. The third-order valence-corrected chi connectivity index (χ3v) is 4.88. The summed E-state index contributed by atoms with van der Waals surface area (Å²) in [4.78, 5) is 2.37. The Labute approximate surface area is 116 Å². The van der Waals surface area contributed by atoms with Gasteiger partial charge in [-0.1, -0.05) is 13.8 Å². The number of hydrogen-bond acceptors (Lipinski definition) is 3. The van der Waals surface area contributed by atoms with E-state index in [2.05, 4.69) is 61.9 Å². The molecule has 104 valence electrons. The predicted molar refractivity (Wildman–Crippen MR) is 82.5 cm³/mol. The number of nitrogens with zero attached hydrogens (tertiary/aromatic N) is 1. The lowest BCUT2D eigenvalue weighted by Crippen LogP contribution is -2.57. The SMILES string of the molecule is CCCNC(Cc1ccsc1)C(C)(CC)N(C)C. The van der Waals surface area contributed by atoms with Crippen molar-refractivity contribution in [1.29, 1.82) is 0 Å². The molecular formula is C15H28N2S. The molecule has 1 heterocycles. The van der Waals surface area contributed by atoms with Crippen molar-refractivity contribution >= 4 is 11.3 Å². The van der Waals surface area contributed by atoms with E-state index in [9.17, 15) is 0 Å². The molecule has 1 N–H and O–H groups in total. The highest BCUT2D eigenvalue weighted by Crippen LogP contribution is 2.24. The summed E-state index contributed by atoms with van der Waals surface area (Å²) in [5, 5.41) is 8.19. The van der Waals surface area contributed by atoms with Gasteiger partial charge in [-0.2, -0.15) is 11.3 Å². The van der Waals surface area contributed by atoms with Crippen LogP contribution in [0.2, 0.25) is 0 Å². The lowest BCUT2D eigenvalue weighted by atomic mass is 9.84. The van der Waals surface area contributed by atoms with Crippen molar-refractivity contribution in [3.05, 3.63) is 22.4 Å². The van der Waals surface area contributed by atoms with E-state index >= 15 is 0 Å². The Morgan fingerprint density at radius 2 is 2.11 bits per heavy atom. The van der Waals surface area contributed by atoms with Crippen LogP contribution in [-0.2, 0) is 6.42 Å². The van der Waals surface area contributed by atoms with Gasteiger partial charge in [-0.25, -0.2) is 0 Å². The summed E-state index contributed by atoms with van der Waals surface area (Å²) in [6.07, 6.45) is 3.46. The summed E-state index contributed by atoms with van der Waals surface area (Å²) >= 11 is 1.79. The molecule has 0 aromatic carbocycles. The average Bonchev–Trinajstić information content (AvgIpc) is 2.86. The van der Waals surface area contributed by atoms with Crippen molar-refractivity contribution in [2.45, 2.75) is 51.6 Å². The van der Waals surface area contributed by atoms with Crippen LogP contribution >= 0.6 is 11.3 Å². The lowest BCUT2D eigenvalue weighted by Gasteiger charge is -2.43. The summed E-state index contributed by atoms with van der Waals surface area (Å²) in [6, 6.07) is 2.75. The normalized spacial score (nSPS) is 16.8. The molecule has 1 rings (SSSR count). The van der Waals surface area contributed by atoms with Crippen LogP contribution in [0.4, 0.5) is 0 Å². The zero-order chi connectivity index (χ0) is 13.6. The number of likely N-dealkylation sites (N-methyl/N-ethyl adjacent to an activating group) is 1. The van der Waals surface area contributed by atoms with Gasteiger partial charge in [-0.3, -0.25) is 0 Å². The zero-order valence-corrected chi connectivity index (χ0v) is 13.3. The molecular weight excluding hydrogens is 240 g/mol. The number of rotatable bonds is 8. The van der Waals surface area contributed by atoms with Gasteiger partial charge in [0.15, 0.2) is 0 Å². The largest absolute Gasteiger partial charge is 0.312 e. The highest BCUT2D eigenvalue weighted by molar-refractivity contribution is 7.07. The van der Waals surface area contributed by atoms with Crippen molar-refractivity contribution in [1.82, 2.24) is 10.2 Å². The second-order valence-electron chi connectivity index (χ2n) is 5.45. The minimum atomic E-state index is 0.205. The molecule has 3 heteroatoms. The number of nitrogens with one attached hydrogen (secondary N) is 1. The first-order valence-electron chi connectivity index (χ1n) is 6.96. The van der Waals surface area contributed by atoms with Gasteiger partial charge < -0.3 is 10.2 Å². The number of thiophene rings is 1. The van der Waals surface area contributed by atoms with E-state index in [1.807, 2.05) is 0 Å². The number of hydrogen-bond donors (Lipinski definition) is 1. The van der Waals surface area contributed by atoms with Gasteiger partial charge in [-0.15, -0.1) is 0 Å². The van der Waals surface area contributed by atoms with Crippen molar-refractivity contribution < 1.29 is 0 Å². The quantitative estimate of drug-likeness (QED) is 0.777. The fourth-order valence-electron chi connectivity index (χ4n) is 2.35. The molecule has 0 spiro atoms. The summed E-state index contributed by atoms with van der Waals surface area (Å²) < 4.78 is 0. The van der Waals surface area contributed by atoms with E-state index in [0.29, 0.717) is 6.04 Å². The molecule has 2 unspecified atom stereocenters. The van der Waals surface area contributed by atoms with Crippen LogP contribution < -0.4 is 5.32 Å². The summed E-state index contributed by atoms with van der Waals surface area (Å²) in [6.45, 7) is 7.98. The maximum atomic E-state index is 3.74. The standard InChI is InChI=1S/C15H28N2S/c1-6-9-16-14(11-13-8-10-18-12-13)15(3,7-2)17(4)5/h8,10,12,14,16H,6-7,9,11H2,1-5H3. The molecule has 0 aliphatic heterocycles. The Balaban J connectivity index is 2.82. The van der Waals surface area contributed by atoms with Gasteiger partial charge in [0.05, 0.1) is 0 Å². The van der Waals surface area contributed by atoms with E-state index in [0.717, 1.165) is 19.4 Å². The summed E-state index contributed by atoms with van der Waals surface area (Å²) in [5.74, 6) is 0. The van der Waals surface area contributed by atoms with Gasteiger partial charge in [0, 0.05) is 11.6 Å². The fraction of sp³-hybridized carbons (Fsp3) is 0.733. The van der Waals surface area contributed by atoms with E-state index in [4.69, 9.17) is 0 Å². The molecule has 2 atom stereocenters. The van der Waals surface area contributed by atoms with Crippen LogP contribution in [0, 0.1) is 0 Å². The molecule has 0 saturated carbocycles. The van der Waals surface area contributed by atoms with E-state index in [1.165, 1.54) is 12.0 Å². The van der Waals surface area contributed by atoms with E-state index in [-0.39, 0.29) is 5.54 Å². The molecule has 18 heavy (non-hydrogen) atoms. The predicted octanol–water partition coefficient (Wildman–Crippen LogP) is 3.39. The molecule has 0 amide bonds. The summed E-state index contributed by atoms with van der Waals surface area (Å²) in [7, 11) is 4.38. The Morgan fingerprint density at radius 1 is 1.39 bits per heavy atom. The molecule has 2 nitrogen and oxygen atoms in total. The van der Waals surface area contributed by atoms with Crippen LogP contribution in [-0.4, -0.2) is 37.1 Å².